The first kappa shape index (κ1) is 36.3. The third-order valence-corrected chi connectivity index (χ3v) is 13.6. The van der Waals surface area contributed by atoms with Crippen molar-refractivity contribution in [2.45, 2.75) is 0 Å². The maximum Gasteiger partial charge on any atom is -0.00262 e. The fourth-order valence-corrected chi connectivity index (χ4v) is 10.5. The molecule has 0 saturated carbocycles. The highest BCUT2D eigenvalue weighted by Gasteiger charge is 2.19. The second-order valence-electron chi connectivity index (χ2n) is 17.2. The van der Waals surface area contributed by atoms with Gasteiger partial charge in [-0.15, -0.1) is 0 Å². The van der Waals surface area contributed by atoms with E-state index >= 15 is 0 Å². The lowest BCUT2D eigenvalue weighted by molar-refractivity contribution is 1.62. The smallest absolute Gasteiger partial charge is 0.00262 e. The molecule has 0 heteroatoms. The summed E-state index contributed by atoms with van der Waals surface area (Å²) in [5, 5.41) is 17.5. The summed E-state index contributed by atoms with van der Waals surface area (Å²) < 4.78 is 0. The molecular weight excluding hydrogens is 769 g/mol. The van der Waals surface area contributed by atoms with Crippen LogP contribution in [0.4, 0.5) is 0 Å². The van der Waals surface area contributed by atoms with Crippen LogP contribution in [0.25, 0.3) is 131 Å². The second-order valence-corrected chi connectivity index (χ2v) is 17.2. The molecule has 0 radical (unpaired) electrons. The third kappa shape index (κ3) is 5.92. The van der Waals surface area contributed by atoms with Gasteiger partial charge in [0.15, 0.2) is 0 Å². The molecule has 0 heterocycles. The molecule has 0 bridgehead atoms. The average Bonchev–Trinajstić information content (AvgIpc) is 3.37. The van der Waals surface area contributed by atoms with E-state index in [9.17, 15) is 0 Å². The van der Waals surface area contributed by atoms with Gasteiger partial charge >= 0.3 is 0 Å². The van der Waals surface area contributed by atoms with E-state index in [4.69, 9.17) is 0 Å². The highest BCUT2D eigenvalue weighted by atomic mass is 14.2. The molecule has 0 atom stereocenters. The van der Waals surface area contributed by atoms with Gasteiger partial charge in [0, 0.05) is 0 Å². The van der Waals surface area contributed by atoms with Crippen molar-refractivity contribution in [2.75, 3.05) is 0 Å². The molecule has 0 aliphatic rings. The molecule has 0 unspecified atom stereocenters. The topological polar surface area (TPSA) is 0 Å². The molecule has 0 aromatic heterocycles. The first-order chi connectivity index (χ1) is 31.7. The number of hydrogen-bond donors (Lipinski definition) is 0. The van der Waals surface area contributed by atoms with E-state index in [-0.39, 0.29) is 0 Å². The Morgan fingerprint density at radius 2 is 0.531 bits per heavy atom. The summed E-state index contributed by atoms with van der Waals surface area (Å²) in [7, 11) is 0. The van der Waals surface area contributed by atoms with Crippen LogP contribution in [0.5, 0.6) is 0 Å². The molecule has 0 spiro atoms. The van der Waals surface area contributed by atoms with Crippen LogP contribution in [0.15, 0.2) is 243 Å². The Bertz CT molecular complexity index is 3950. The van der Waals surface area contributed by atoms with Crippen molar-refractivity contribution in [3.05, 3.63) is 243 Å². The summed E-state index contributed by atoms with van der Waals surface area (Å²) in [4.78, 5) is 0. The zero-order valence-corrected chi connectivity index (χ0v) is 35.1. The van der Waals surface area contributed by atoms with Gasteiger partial charge in [-0.25, -0.2) is 0 Å². The van der Waals surface area contributed by atoms with E-state index in [1.807, 2.05) is 0 Å². The number of benzene rings is 13. The molecule has 296 valence electrons. The fourth-order valence-electron chi connectivity index (χ4n) is 10.5. The third-order valence-electron chi connectivity index (χ3n) is 13.6. The summed E-state index contributed by atoms with van der Waals surface area (Å²) in [5.41, 5.74) is 12.3. The summed E-state index contributed by atoms with van der Waals surface area (Å²) >= 11 is 0. The van der Waals surface area contributed by atoms with Gasteiger partial charge in [0.25, 0.3) is 0 Å². The molecule has 0 aliphatic carbocycles. The van der Waals surface area contributed by atoms with E-state index in [1.54, 1.807) is 0 Å². The summed E-state index contributed by atoms with van der Waals surface area (Å²) in [5.74, 6) is 0. The molecule has 0 saturated heterocycles. The van der Waals surface area contributed by atoms with Crippen LogP contribution in [0.2, 0.25) is 0 Å². The quantitative estimate of drug-likeness (QED) is 0.120. The van der Waals surface area contributed by atoms with Crippen LogP contribution < -0.4 is 0 Å². The molecule has 13 aromatic rings. The van der Waals surface area contributed by atoms with Crippen molar-refractivity contribution >= 4 is 75.4 Å². The summed E-state index contributed by atoms with van der Waals surface area (Å²) in [6, 6.07) is 90.2. The van der Waals surface area contributed by atoms with Gasteiger partial charge in [0.1, 0.15) is 0 Å². The van der Waals surface area contributed by atoms with Gasteiger partial charge in [-0.2, -0.15) is 0 Å². The van der Waals surface area contributed by atoms with Crippen molar-refractivity contribution in [3.8, 4) is 55.6 Å². The maximum absolute atomic E-state index is 2.45. The lowest BCUT2D eigenvalue weighted by Gasteiger charge is -2.19. The highest BCUT2D eigenvalue weighted by molar-refractivity contribution is 6.23. The minimum absolute atomic E-state index is 1.21. The van der Waals surface area contributed by atoms with Gasteiger partial charge in [0.05, 0.1) is 0 Å². The van der Waals surface area contributed by atoms with E-state index in [1.165, 1.54) is 131 Å². The molecule has 64 heavy (non-hydrogen) atoms. The Morgan fingerprint density at radius 1 is 0.156 bits per heavy atom. The number of fused-ring (bicyclic) bond motifs is 8. The molecule has 13 rings (SSSR count). The number of rotatable bonds is 5. The van der Waals surface area contributed by atoms with E-state index in [0.717, 1.165) is 0 Å². The first-order valence-corrected chi connectivity index (χ1v) is 22.2. The molecular formula is C64H40. The van der Waals surface area contributed by atoms with Gasteiger partial charge in [0.2, 0.25) is 0 Å². The van der Waals surface area contributed by atoms with Gasteiger partial charge in [-0.1, -0.05) is 200 Å². The van der Waals surface area contributed by atoms with Crippen LogP contribution in [0, 0.1) is 0 Å². The van der Waals surface area contributed by atoms with Crippen molar-refractivity contribution < 1.29 is 0 Å². The van der Waals surface area contributed by atoms with Crippen LogP contribution in [0.1, 0.15) is 0 Å². The molecule has 0 amide bonds. The second kappa shape index (κ2) is 14.7. The van der Waals surface area contributed by atoms with Crippen molar-refractivity contribution in [3.63, 3.8) is 0 Å². The normalized spacial score (nSPS) is 11.8. The largest absolute Gasteiger partial charge is 0.0622 e. The Hall–Kier alpha value is -8.32. The van der Waals surface area contributed by atoms with E-state index in [0.29, 0.717) is 0 Å². The average molecular weight is 809 g/mol. The van der Waals surface area contributed by atoms with Crippen molar-refractivity contribution in [1.29, 1.82) is 0 Å². The molecule has 0 nitrogen and oxygen atoms in total. The zero-order chi connectivity index (χ0) is 42.1. The summed E-state index contributed by atoms with van der Waals surface area (Å²) in [6.45, 7) is 0. The Kier molecular flexibility index (Phi) is 8.32. The number of hydrogen-bond acceptors (Lipinski definition) is 0. The molecule has 0 aliphatic heterocycles. The lowest BCUT2D eigenvalue weighted by atomic mass is 9.84. The maximum atomic E-state index is 2.45. The highest BCUT2D eigenvalue weighted by Crippen LogP contribution is 2.46. The standard InChI is InChI=1S/C64H40/c1-2-16-43(17-3-1)59-37-46-20-8-9-21-47(46)38-60(59)49-30-33-54-53-32-31-51(36-52(53)40-61(62(54)39-49)48-28-26-41-14-4-6-18-44(41)34-48)64-57-24-12-10-22-55(57)63(56-23-11-13-25-58(56)64)50-29-27-42-15-5-7-19-45(42)35-50/h1-40H. The predicted octanol–water partition coefficient (Wildman–Crippen LogP) is 18.1. The monoisotopic (exact) mass is 808 g/mol. The molecule has 0 fully saturated rings. The summed E-state index contributed by atoms with van der Waals surface area (Å²) in [6.07, 6.45) is 0. The minimum Gasteiger partial charge on any atom is -0.0622 e. The van der Waals surface area contributed by atoms with Crippen molar-refractivity contribution in [2.24, 2.45) is 0 Å². The van der Waals surface area contributed by atoms with Crippen molar-refractivity contribution in [1.82, 2.24) is 0 Å². The van der Waals surface area contributed by atoms with Crippen LogP contribution >= 0.6 is 0 Å². The predicted molar refractivity (Wildman–Crippen MR) is 276 cm³/mol. The molecule has 0 N–H and O–H groups in total. The van der Waals surface area contributed by atoms with E-state index < -0.39 is 0 Å². The van der Waals surface area contributed by atoms with Crippen LogP contribution in [-0.4, -0.2) is 0 Å². The van der Waals surface area contributed by atoms with Gasteiger partial charge in [-0.3, -0.25) is 0 Å². The SMILES string of the molecule is c1ccc(-c2cc3ccccc3cc2-c2ccc3c(c2)c(-c2ccc4ccccc4c2)cc2cc(-c4c5ccccc5c(-c5ccc6ccccc6c5)c5ccccc45)ccc23)cc1. The van der Waals surface area contributed by atoms with Crippen LogP contribution in [-0.2, 0) is 0 Å². The Balaban J connectivity index is 1.06. The van der Waals surface area contributed by atoms with E-state index in [2.05, 4.69) is 243 Å². The Labute approximate surface area is 371 Å². The van der Waals surface area contributed by atoms with Gasteiger partial charge in [-0.05, 0) is 174 Å². The fraction of sp³-hybridized carbons (Fsp3) is 0. The Morgan fingerprint density at radius 3 is 1.11 bits per heavy atom. The minimum atomic E-state index is 1.21. The van der Waals surface area contributed by atoms with Crippen LogP contribution in [0.3, 0.4) is 0 Å². The molecule has 13 aromatic carbocycles. The van der Waals surface area contributed by atoms with Gasteiger partial charge < -0.3 is 0 Å². The zero-order valence-electron chi connectivity index (χ0n) is 35.1. The lowest BCUT2D eigenvalue weighted by Crippen LogP contribution is -1.92. The first-order valence-electron chi connectivity index (χ1n) is 22.2.